The van der Waals surface area contributed by atoms with E-state index in [1.54, 1.807) is 0 Å². The van der Waals surface area contributed by atoms with Gasteiger partial charge in [-0.3, -0.25) is 0 Å². The van der Waals surface area contributed by atoms with Crippen molar-refractivity contribution < 1.29 is 22.0 Å². The maximum absolute atomic E-state index is 12.4. The predicted molar refractivity (Wildman–Crippen MR) is 52.6 cm³/mol. The van der Waals surface area contributed by atoms with E-state index in [-0.39, 0.29) is 16.9 Å². The lowest BCUT2D eigenvalue weighted by Gasteiger charge is -2.19. The van der Waals surface area contributed by atoms with Gasteiger partial charge in [0.05, 0.1) is 4.71 Å². The standard InChI is InChI=1S/C8H12ClF5S/c1-2-6(9)15-5-3-4-7(10,11)8(12,13)14/h6H,2-5H2,1H3. The van der Waals surface area contributed by atoms with E-state index >= 15 is 0 Å². The van der Waals surface area contributed by atoms with Crippen molar-refractivity contribution in [1.29, 1.82) is 0 Å². The average molecular weight is 271 g/mol. The van der Waals surface area contributed by atoms with Crippen LogP contribution in [0.5, 0.6) is 0 Å². The van der Waals surface area contributed by atoms with Gasteiger partial charge in [-0.2, -0.15) is 22.0 Å². The fraction of sp³-hybridized carbons (Fsp3) is 1.00. The molecule has 1 unspecified atom stereocenters. The molecule has 0 fully saturated rings. The van der Waals surface area contributed by atoms with E-state index < -0.39 is 18.5 Å². The first kappa shape index (κ1) is 15.3. The van der Waals surface area contributed by atoms with E-state index in [0.29, 0.717) is 6.42 Å². The van der Waals surface area contributed by atoms with Crippen molar-refractivity contribution in [2.75, 3.05) is 5.75 Å². The summed E-state index contributed by atoms with van der Waals surface area (Å²) < 4.78 is 59.6. The van der Waals surface area contributed by atoms with Crippen molar-refractivity contribution in [3.8, 4) is 0 Å². The molecule has 7 heteroatoms. The first-order chi connectivity index (χ1) is 6.70. The van der Waals surface area contributed by atoms with Crippen LogP contribution in [0.1, 0.15) is 26.2 Å². The molecule has 0 aromatic rings. The quantitative estimate of drug-likeness (QED) is 0.384. The van der Waals surface area contributed by atoms with Crippen LogP contribution in [0.3, 0.4) is 0 Å². The van der Waals surface area contributed by atoms with Crippen LogP contribution in [0, 0.1) is 0 Å². The van der Waals surface area contributed by atoms with Crippen molar-refractivity contribution in [3.63, 3.8) is 0 Å². The van der Waals surface area contributed by atoms with E-state index in [1.807, 2.05) is 6.92 Å². The largest absolute Gasteiger partial charge is 0.453 e. The second kappa shape index (κ2) is 6.13. The molecule has 0 aromatic carbocycles. The molecule has 0 rings (SSSR count). The number of hydrogen-bond donors (Lipinski definition) is 0. The average Bonchev–Trinajstić information content (AvgIpc) is 2.10. The first-order valence-corrected chi connectivity index (χ1v) is 5.89. The molecule has 0 aliphatic carbocycles. The monoisotopic (exact) mass is 270 g/mol. The molecular formula is C8H12ClF5S. The molecule has 0 N–H and O–H groups in total. The molecule has 0 heterocycles. The zero-order valence-electron chi connectivity index (χ0n) is 8.08. The second-order valence-corrected chi connectivity index (χ2v) is 5.09. The van der Waals surface area contributed by atoms with Crippen molar-refractivity contribution >= 4 is 23.4 Å². The molecule has 92 valence electrons. The van der Waals surface area contributed by atoms with Gasteiger partial charge in [0, 0.05) is 6.42 Å². The molecule has 15 heavy (non-hydrogen) atoms. The molecule has 0 saturated carbocycles. The molecule has 0 nitrogen and oxygen atoms in total. The van der Waals surface area contributed by atoms with Gasteiger partial charge in [-0.05, 0) is 18.6 Å². The van der Waals surface area contributed by atoms with E-state index in [2.05, 4.69) is 0 Å². The Hall–Kier alpha value is 0.290. The number of rotatable bonds is 6. The van der Waals surface area contributed by atoms with Gasteiger partial charge >= 0.3 is 12.1 Å². The minimum atomic E-state index is -5.44. The van der Waals surface area contributed by atoms with E-state index in [9.17, 15) is 22.0 Å². The molecule has 1 atom stereocenters. The van der Waals surface area contributed by atoms with Crippen LogP contribution >= 0.6 is 23.4 Å². The molecule has 0 spiro atoms. The van der Waals surface area contributed by atoms with Crippen LogP contribution < -0.4 is 0 Å². The zero-order valence-corrected chi connectivity index (χ0v) is 9.65. The lowest BCUT2D eigenvalue weighted by molar-refractivity contribution is -0.284. The van der Waals surface area contributed by atoms with Crippen LogP contribution in [0.2, 0.25) is 0 Å². The zero-order chi connectivity index (χ0) is 12.1. The molecule has 0 aliphatic rings. The highest BCUT2D eigenvalue weighted by Crippen LogP contribution is 2.39. The molecule has 0 bridgehead atoms. The fourth-order valence-electron chi connectivity index (χ4n) is 0.765. The summed E-state index contributed by atoms with van der Waals surface area (Å²) in [4.78, 5) is 0. The molecule has 0 saturated heterocycles. The Morgan fingerprint density at radius 2 is 1.73 bits per heavy atom. The third-order valence-electron chi connectivity index (χ3n) is 1.67. The predicted octanol–water partition coefficient (Wildman–Crippen LogP) is 4.67. The van der Waals surface area contributed by atoms with Crippen LogP contribution in [0.4, 0.5) is 22.0 Å². The summed E-state index contributed by atoms with van der Waals surface area (Å²) in [6.45, 7) is 1.81. The summed E-state index contributed by atoms with van der Waals surface area (Å²) in [6, 6.07) is 0. The van der Waals surface area contributed by atoms with Gasteiger partial charge in [0.1, 0.15) is 0 Å². The van der Waals surface area contributed by atoms with Crippen molar-refractivity contribution in [1.82, 2.24) is 0 Å². The highest BCUT2D eigenvalue weighted by molar-refractivity contribution is 8.01. The Balaban J connectivity index is 3.77. The minimum absolute atomic E-state index is 0.194. The summed E-state index contributed by atoms with van der Waals surface area (Å²) in [5.41, 5.74) is 0. The van der Waals surface area contributed by atoms with Crippen LogP contribution in [0.25, 0.3) is 0 Å². The van der Waals surface area contributed by atoms with E-state index in [4.69, 9.17) is 11.6 Å². The Morgan fingerprint density at radius 3 is 2.13 bits per heavy atom. The Morgan fingerprint density at radius 1 is 1.20 bits per heavy atom. The van der Waals surface area contributed by atoms with Gasteiger partial charge in [-0.15, -0.1) is 23.4 Å². The normalized spacial score (nSPS) is 15.4. The smallest absolute Gasteiger partial charge is 0.196 e. The number of halogens is 6. The Kier molecular flexibility index (Phi) is 6.25. The van der Waals surface area contributed by atoms with Crippen molar-refractivity contribution in [2.24, 2.45) is 0 Å². The number of thioether (sulfide) groups is 1. The summed E-state index contributed by atoms with van der Waals surface area (Å²) in [6.07, 6.45) is -6.15. The number of alkyl halides is 6. The molecule has 0 radical (unpaired) electrons. The van der Waals surface area contributed by atoms with Gasteiger partial charge in [-0.1, -0.05) is 6.92 Å². The molecule has 0 amide bonds. The van der Waals surface area contributed by atoms with Crippen LogP contribution in [0.15, 0.2) is 0 Å². The SMILES string of the molecule is CCC(Cl)SCCCC(F)(F)C(F)(F)F. The molecule has 0 aromatic heterocycles. The fourth-order valence-corrected chi connectivity index (χ4v) is 1.83. The molecule has 0 aliphatic heterocycles. The topological polar surface area (TPSA) is 0 Å². The summed E-state index contributed by atoms with van der Waals surface area (Å²) in [5.74, 6) is -4.37. The van der Waals surface area contributed by atoms with Crippen LogP contribution in [-0.2, 0) is 0 Å². The second-order valence-electron chi connectivity index (χ2n) is 2.99. The van der Waals surface area contributed by atoms with Crippen LogP contribution in [-0.4, -0.2) is 22.6 Å². The minimum Gasteiger partial charge on any atom is -0.196 e. The third kappa shape index (κ3) is 5.80. The lowest BCUT2D eigenvalue weighted by Crippen LogP contribution is -2.36. The third-order valence-corrected chi connectivity index (χ3v) is 3.58. The van der Waals surface area contributed by atoms with E-state index in [0.717, 1.165) is 0 Å². The summed E-state index contributed by atoms with van der Waals surface area (Å²) in [7, 11) is 0. The lowest BCUT2D eigenvalue weighted by atomic mass is 10.2. The van der Waals surface area contributed by atoms with Gasteiger partial charge in [-0.25, -0.2) is 0 Å². The van der Waals surface area contributed by atoms with Crippen molar-refractivity contribution in [2.45, 2.75) is 43.0 Å². The maximum Gasteiger partial charge on any atom is 0.453 e. The number of hydrogen-bond acceptors (Lipinski definition) is 1. The Bertz CT molecular complexity index is 182. The molecular weight excluding hydrogens is 259 g/mol. The Labute approximate surface area is 94.5 Å². The van der Waals surface area contributed by atoms with Gasteiger partial charge in [0.25, 0.3) is 0 Å². The summed E-state index contributed by atoms with van der Waals surface area (Å²) >= 11 is 6.85. The van der Waals surface area contributed by atoms with Crippen molar-refractivity contribution in [3.05, 3.63) is 0 Å². The maximum atomic E-state index is 12.4. The van der Waals surface area contributed by atoms with Gasteiger partial charge < -0.3 is 0 Å². The highest BCUT2D eigenvalue weighted by atomic mass is 35.5. The van der Waals surface area contributed by atoms with Gasteiger partial charge in [0.15, 0.2) is 0 Å². The van der Waals surface area contributed by atoms with Gasteiger partial charge in [0.2, 0.25) is 0 Å². The highest BCUT2D eigenvalue weighted by Gasteiger charge is 2.56. The summed E-state index contributed by atoms with van der Waals surface area (Å²) in [5, 5.41) is 0. The first-order valence-electron chi connectivity index (χ1n) is 4.41. The van der Waals surface area contributed by atoms with E-state index in [1.165, 1.54) is 11.8 Å².